The average Bonchev–Trinajstić information content (AvgIpc) is 2.38. The molecule has 4 heteroatoms. The van der Waals surface area contributed by atoms with Crippen LogP contribution >= 0.6 is 0 Å². The SMILES string of the molecule is COc1ccc(C(CN)N(CC(C)C)C(C)C)cc1F. The summed E-state index contributed by atoms with van der Waals surface area (Å²) in [7, 11) is 1.47. The van der Waals surface area contributed by atoms with Gasteiger partial charge in [0.15, 0.2) is 11.6 Å². The fraction of sp³-hybridized carbons (Fsp3) is 0.625. The minimum atomic E-state index is -0.336. The molecule has 1 rings (SSSR count). The lowest BCUT2D eigenvalue weighted by Gasteiger charge is -2.36. The largest absolute Gasteiger partial charge is 0.494 e. The minimum absolute atomic E-state index is 0.0257. The summed E-state index contributed by atoms with van der Waals surface area (Å²) in [5.74, 6) is 0.468. The molecule has 2 N–H and O–H groups in total. The van der Waals surface area contributed by atoms with Crippen LogP contribution in [0.15, 0.2) is 18.2 Å². The fourth-order valence-corrected chi connectivity index (χ4v) is 2.47. The first-order chi connectivity index (χ1) is 9.40. The van der Waals surface area contributed by atoms with Crippen molar-refractivity contribution in [3.8, 4) is 5.75 Å². The number of rotatable bonds is 7. The summed E-state index contributed by atoms with van der Waals surface area (Å²) in [5.41, 5.74) is 6.85. The summed E-state index contributed by atoms with van der Waals surface area (Å²) in [6.45, 7) is 10.1. The molecule has 0 aromatic heterocycles. The van der Waals surface area contributed by atoms with Crippen LogP contribution in [0.2, 0.25) is 0 Å². The number of hydrogen-bond acceptors (Lipinski definition) is 3. The van der Waals surface area contributed by atoms with Crippen molar-refractivity contribution in [2.75, 3.05) is 20.2 Å². The Morgan fingerprint density at radius 3 is 2.30 bits per heavy atom. The molecule has 0 aliphatic heterocycles. The van der Waals surface area contributed by atoms with Crippen LogP contribution in [0.25, 0.3) is 0 Å². The van der Waals surface area contributed by atoms with Crippen LogP contribution < -0.4 is 10.5 Å². The highest BCUT2D eigenvalue weighted by atomic mass is 19.1. The maximum Gasteiger partial charge on any atom is 0.165 e. The zero-order chi connectivity index (χ0) is 15.3. The van der Waals surface area contributed by atoms with E-state index < -0.39 is 0 Å². The van der Waals surface area contributed by atoms with Crippen LogP contribution in [-0.2, 0) is 0 Å². The van der Waals surface area contributed by atoms with Crippen molar-refractivity contribution in [2.24, 2.45) is 11.7 Å². The highest BCUT2D eigenvalue weighted by Gasteiger charge is 2.23. The van der Waals surface area contributed by atoms with Gasteiger partial charge in [-0.3, -0.25) is 4.90 Å². The predicted molar refractivity (Wildman–Crippen MR) is 81.4 cm³/mol. The van der Waals surface area contributed by atoms with Crippen molar-refractivity contribution in [3.05, 3.63) is 29.6 Å². The van der Waals surface area contributed by atoms with Gasteiger partial charge in [-0.05, 0) is 37.5 Å². The van der Waals surface area contributed by atoms with Crippen molar-refractivity contribution in [1.82, 2.24) is 4.90 Å². The number of ether oxygens (including phenoxy) is 1. The Labute approximate surface area is 121 Å². The smallest absolute Gasteiger partial charge is 0.165 e. The summed E-state index contributed by atoms with van der Waals surface area (Å²) in [6.07, 6.45) is 0. The number of halogens is 1. The highest BCUT2D eigenvalue weighted by molar-refractivity contribution is 5.31. The third-order valence-electron chi connectivity index (χ3n) is 3.42. The van der Waals surface area contributed by atoms with Gasteiger partial charge >= 0.3 is 0 Å². The number of nitrogens with two attached hydrogens (primary N) is 1. The molecule has 20 heavy (non-hydrogen) atoms. The quantitative estimate of drug-likeness (QED) is 0.834. The highest BCUT2D eigenvalue weighted by Crippen LogP contribution is 2.27. The Balaban J connectivity index is 3.06. The van der Waals surface area contributed by atoms with Gasteiger partial charge in [-0.1, -0.05) is 19.9 Å². The van der Waals surface area contributed by atoms with E-state index in [2.05, 4.69) is 32.6 Å². The molecule has 0 amide bonds. The van der Waals surface area contributed by atoms with Crippen LogP contribution in [0, 0.1) is 11.7 Å². The number of methoxy groups -OCH3 is 1. The van der Waals surface area contributed by atoms with E-state index in [1.165, 1.54) is 13.2 Å². The topological polar surface area (TPSA) is 38.5 Å². The second kappa shape index (κ2) is 7.60. The zero-order valence-electron chi connectivity index (χ0n) is 13.2. The zero-order valence-corrected chi connectivity index (χ0v) is 13.2. The van der Waals surface area contributed by atoms with Gasteiger partial charge in [-0.2, -0.15) is 0 Å². The Morgan fingerprint density at radius 1 is 1.25 bits per heavy atom. The van der Waals surface area contributed by atoms with Crippen LogP contribution in [0.1, 0.15) is 39.3 Å². The molecule has 1 aromatic rings. The van der Waals surface area contributed by atoms with Crippen molar-refractivity contribution in [3.63, 3.8) is 0 Å². The van der Waals surface area contributed by atoms with E-state index in [-0.39, 0.29) is 17.6 Å². The van der Waals surface area contributed by atoms with Gasteiger partial charge in [-0.15, -0.1) is 0 Å². The maximum absolute atomic E-state index is 13.9. The summed E-state index contributed by atoms with van der Waals surface area (Å²) < 4.78 is 18.9. The molecule has 114 valence electrons. The van der Waals surface area contributed by atoms with Gasteiger partial charge in [0.25, 0.3) is 0 Å². The fourth-order valence-electron chi connectivity index (χ4n) is 2.47. The van der Waals surface area contributed by atoms with Crippen molar-refractivity contribution < 1.29 is 9.13 Å². The Hall–Kier alpha value is -1.13. The van der Waals surface area contributed by atoms with Crippen molar-refractivity contribution in [1.29, 1.82) is 0 Å². The van der Waals surface area contributed by atoms with E-state index in [1.54, 1.807) is 6.07 Å². The molecule has 1 aromatic carbocycles. The molecule has 0 saturated carbocycles. The Bertz CT molecular complexity index is 421. The molecule has 3 nitrogen and oxygen atoms in total. The normalized spacial score (nSPS) is 13.3. The van der Waals surface area contributed by atoms with E-state index in [1.807, 2.05) is 6.07 Å². The van der Waals surface area contributed by atoms with E-state index in [0.29, 0.717) is 18.5 Å². The van der Waals surface area contributed by atoms with Crippen LogP contribution in [0.4, 0.5) is 4.39 Å². The van der Waals surface area contributed by atoms with Crippen LogP contribution in [0.5, 0.6) is 5.75 Å². The van der Waals surface area contributed by atoms with Crippen molar-refractivity contribution >= 4 is 0 Å². The molecule has 0 aliphatic carbocycles. The summed E-state index contributed by atoms with van der Waals surface area (Å²) in [4.78, 5) is 2.33. The van der Waals surface area contributed by atoms with E-state index in [9.17, 15) is 4.39 Å². The number of benzene rings is 1. The third-order valence-corrected chi connectivity index (χ3v) is 3.42. The first-order valence-corrected chi connectivity index (χ1v) is 7.19. The molecule has 1 unspecified atom stereocenters. The summed E-state index contributed by atoms with van der Waals surface area (Å²) >= 11 is 0. The van der Waals surface area contributed by atoms with E-state index >= 15 is 0 Å². The number of hydrogen-bond donors (Lipinski definition) is 1. The first kappa shape index (κ1) is 16.9. The lowest BCUT2D eigenvalue weighted by atomic mass is 10.0. The van der Waals surface area contributed by atoms with Crippen molar-refractivity contribution in [2.45, 2.75) is 39.8 Å². The summed E-state index contributed by atoms with van der Waals surface area (Å²) in [6, 6.07) is 5.48. The Kier molecular flexibility index (Phi) is 6.43. The summed E-state index contributed by atoms with van der Waals surface area (Å²) in [5, 5.41) is 0. The average molecular weight is 282 g/mol. The van der Waals surface area contributed by atoms with Gasteiger partial charge < -0.3 is 10.5 Å². The first-order valence-electron chi connectivity index (χ1n) is 7.19. The van der Waals surface area contributed by atoms with Gasteiger partial charge in [0.2, 0.25) is 0 Å². The molecule has 0 heterocycles. The molecule has 0 saturated heterocycles. The third kappa shape index (κ3) is 4.18. The van der Waals surface area contributed by atoms with Gasteiger partial charge in [0, 0.05) is 25.2 Å². The van der Waals surface area contributed by atoms with E-state index in [0.717, 1.165) is 12.1 Å². The second-order valence-corrected chi connectivity index (χ2v) is 5.83. The number of nitrogens with zero attached hydrogens (tertiary/aromatic N) is 1. The minimum Gasteiger partial charge on any atom is -0.494 e. The Morgan fingerprint density at radius 2 is 1.90 bits per heavy atom. The lowest BCUT2D eigenvalue weighted by molar-refractivity contribution is 0.138. The second-order valence-electron chi connectivity index (χ2n) is 5.83. The van der Waals surface area contributed by atoms with Crippen LogP contribution in [0.3, 0.4) is 0 Å². The molecular formula is C16H27FN2O. The standard InChI is InChI=1S/C16H27FN2O/c1-11(2)10-19(12(3)4)15(9-18)13-6-7-16(20-5)14(17)8-13/h6-8,11-12,15H,9-10,18H2,1-5H3. The molecule has 0 spiro atoms. The van der Waals surface area contributed by atoms with Crippen LogP contribution in [-0.4, -0.2) is 31.1 Å². The molecule has 0 radical (unpaired) electrons. The molecule has 0 aliphatic rings. The van der Waals surface area contributed by atoms with Gasteiger partial charge in [0.1, 0.15) is 0 Å². The van der Waals surface area contributed by atoms with E-state index in [4.69, 9.17) is 10.5 Å². The molecule has 0 fully saturated rings. The maximum atomic E-state index is 13.9. The molecule has 1 atom stereocenters. The van der Waals surface area contributed by atoms with Gasteiger partial charge in [-0.25, -0.2) is 4.39 Å². The predicted octanol–water partition coefficient (Wildman–Crippen LogP) is 3.20. The van der Waals surface area contributed by atoms with Gasteiger partial charge in [0.05, 0.1) is 7.11 Å². The molecular weight excluding hydrogens is 255 g/mol. The lowest BCUT2D eigenvalue weighted by Crippen LogP contribution is -2.40. The monoisotopic (exact) mass is 282 g/mol. The molecule has 0 bridgehead atoms.